The number of nitrogens with zero attached hydrogens (tertiary/aromatic N) is 3. The Morgan fingerprint density at radius 2 is 2.13 bits per heavy atom. The fourth-order valence-electron chi connectivity index (χ4n) is 3.10. The van der Waals surface area contributed by atoms with E-state index in [1.54, 1.807) is 11.9 Å². The van der Waals surface area contributed by atoms with Gasteiger partial charge in [-0.2, -0.15) is 5.10 Å². The second-order valence-corrected chi connectivity index (χ2v) is 6.88. The van der Waals surface area contributed by atoms with E-state index < -0.39 is 5.97 Å². The van der Waals surface area contributed by atoms with Crippen LogP contribution in [0, 0.1) is 5.92 Å². The number of carbonyl (C=O) groups excluding carboxylic acids is 1. The zero-order valence-corrected chi connectivity index (χ0v) is 14.6. The molecule has 1 aromatic rings. The van der Waals surface area contributed by atoms with E-state index in [4.69, 9.17) is 16.7 Å². The summed E-state index contributed by atoms with van der Waals surface area (Å²) in [5.41, 5.74) is 1.21. The van der Waals surface area contributed by atoms with Crippen molar-refractivity contribution in [1.82, 2.24) is 14.7 Å². The number of likely N-dealkylation sites (tertiary alicyclic amines) is 1. The highest BCUT2D eigenvalue weighted by atomic mass is 35.5. The summed E-state index contributed by atoms with van der Waals surface area (Å²) in [7, 11) is 1.73. The third-order valence-electron chi connectivity index (χ3n) is 4.34. The highest BCUT2D eigenvalue weighted by Gasteiger charge is 2.30. The van der Waals surface area contributed by atoms with Gasteiger partial charge in [0.2, 0.25) is 0 Å². The second kappa shape index (κ2) is 7.34. The Hall–Kier alpha value is -1.56. The molecule has 1 aliphatic heterocycles. The molecular formula is C16H24ClN3O3. The van der Waals surface area contributed by atoms with Gasteiger partial charge in [-0.3, -0.25) is 14.3 Å². The number of carboxylic acids is 1. The molecular weight excluding hydrogens is 318 g/mol. The molecule has 23 heavy (non-hydrogen) atoms. The van der Waals surface area contributed by atoms with Crippen molar-refractivity contribution in [3.8, 4) is 0 Å². The number of carboxylic acid groups (broad SMARTS) is 1. The lowest BCUT2D eigenvalue weighted by Gasteiger charge is -2.32. The molecule has 6 nitrogen and oxygen atoms in total. The van der Waals surface area contributed by atoms with Crippen LogP contribution in [-0.2, 0) is 11.8 Å². The van der Waals surface area contributed by atoms with Crippen LogP contribution in [-0.4, -0.2) is 44.8 Å². The maximum absolute atomic E-state index is 12.9. The SMILES string of the molecule is CC(C)c1nn(C)c(Cl)c1C(=O)N1CCC[C@@H](CCC(=O)O)C1. The number of rotatable bonds is 5. The Kier molecular flexibility index (Phi) is 5.68. The molecule has 2 rings (SSSR count). The van der Waals surface area contributed by atoms with Crippen molar-refractivity contribution in [2.75, 3.05) is 13.1 Å². The van der Waals surface area contributed by atoms with Crippen LogP contribution in [0.15, 0.2) is 0 Å². The molecule has 1 saturated heterocycles. The van der Waals surface area contributed by atoms with Gasteiger partial charge in [-0.1, -0.05) is 25.4 Å². The van der Waals surface area contributed by atoms with E-state index in [9.17, 15) is 9.59 Å². The summed E-state index contributed by atoms with van der Waals surface area (Å²) in [6.45, 7) is 5.25. The van der Waals surface area contributed by atoms with E-state index in [0.29, 0.717) is 30.2 Å². The third-order valence-corrected chi connectivity index (χ3v) is 4.77. The van der Waals surface area contributed by atoms with Crippen molar-refractivity contribution in [3.05, 3.63) is 16.4 Å². The fraction of sp³-hybridized carbons (Fsp3) is 0.688. The number of carbonyl (C=O) groups is 2. The quantitative estimate of drug-likeness (QED) is 0.893. The number of aromatic nitrogens is 2. The molecule has 7 heteroatoms. The van der Waals surface area contributed by atoms with Gasteiger partial charge in [0, 0.05) is 26.6 Å². The van der Waals surface area contributed by atoms with Crippen molar-refractivity contribution in [3.63, 3.8) is 0 Å². The lowest BCUT2D eigenvalue weighted by molar-refractivity contribution is -0.137. The second-order valence-electron chi connectivity index (χ2n) is 6.52. The highest BCUT2D eigenvalue weighted by Crippen LogP contribution is 2.29. The first-order valence-corrected chi connectivity index (χ1v) is 8.42. The van der Waals surface area contributed by atoms with Crippen LogP contribution < -0.4 is 0 Å². The van der Waals surface area contributed by atoms with Crippen molar-refractivity contribution in [2.24, 2.45) is 13.0 Å². The van der Waals surface area contributed by atoms with Crippen molar-refractivity contribution in [1.29, 1.82) is 0 Å². The number of aryl methyl sites for hydroxylation is 1. The smallest absolute Gasteiger partial charge is 0.303 e. The van der Waals surface area contributed by atoms with Crippen LogP contribution in [0.1, 0.15) is 61.5 Å². The Labute approximate surface area is 141 Å². The summed E-state index contributed by atoms with van der Waals surface area (Å²) in [5, 5.41) is 13.6. The number of amides is 1. The fourth-order valence-corrected chi connectivity index (χ4v) is 3.31. The van der Waals surface area contributed by atoms with Gasteiger partial charge in [0.25, 0.3) is 5.91 Å². The van der Waals surface area contributed by atoms with E-state index in [2.05, 4.69) is 5.10 Å². The first kappa shape index (κ1) is 17.8. The zero-order valence-electron chi connectivity index (χ0n) is 13.9. The predicted molar refractivity (Wildman–Crippen MR) is 87.8 cm³/mol. The normalized spacial score (nSPS) is 18.5. The monoisotopic (exact) mass is 341 g/mol. The molecule has 1 fully saturated rings. The average molecular weight is 342 g/mol. The van der Waals surface area contributed by atoms with Gasteiger partial charge in [-0.25, -0.2) is 0 Å². The molecule has 0 radical (unpaired) electrons. The van der Waals surface area contributed by atoms with Gasteiger partial charge in [0.05, 0.1) is 11.3 Å². The maximum atomic E-state index is 12.9. The first-order chi connectivity index (χ1) is 10.8. The summed E-state index contributed by atoms with van der Waals surface area (Å²) >= 11 is 6.29. The van der Waals surface area contributed by atoms with Crippen LogP contribution in [0.2, 0.25) is 5.15 Å². The predicted octanol–water partition coefficient (Wildman–Crippen LogP) is 2.91. The summed E-state index contributed by atoms with van der Waals surface area (Å²) in [4.78, 5) is 25.4. The molecule has 1 amide bonds. The van der Waals surface area contributed by atoms with Crippen LogP contribution >= 0.6 is 11.6 Å². The Bertz CT molecular complexity index is 598. The molecule has 1 aromatic heterocycles. The number of hydrogen-bond donors (Lipinski definition) is 1. The Morgan fingerprint density at radius 3 is 2.74 bits per heavy atom. The Balaban J connectivity index is 2.15. The van der Waals surface area contributed by atoms with E-state index >= 15 is 0 Å². The van der Waals surface area contributed by atoms with Crippen LogP contribution in [0.5, 0.6) is 0 Å². The third kappa shape index (κ3) is 4.05. The molecule has 0 aliphatic carbocycles. The van der Waals surface area contributed by atoms with Gasteiger partial charge < -0.3 is 10.0 Å². The molecule has 1 atom stereocenters. The Morgan fingerprint density at radius 1 is 1.43 bits per heavy atom. The minimum atomic E-state index is -0.786. The van der Waals surface area contributed by atoms with Crippen LogP contribution in [0.25, 0.3) is 0 Å². The van der Waals surface area contributed by atoms with Crippen LogP contribution in [0.4, 0.5) is 0 Å². The van der Waals surface area contributed by atoms with Crippen molar-refractivity contribution < 1.29 is 14.7 Å². The van der Waals surface area contributed by atoms with E-state index in [0.717, 1.165) is 18.5 Å². The van der Waals surface area contributed by atoms with E-state index in [-0.39, 0.29) is 24.2 Å². The van der Waals surface area contributed by atoms with Crippen molar-refractivity contribution in [2.45, 2.75) is 45.4 Å². The molecule has 0 spiro atoms. The number of piperidine rings is 1. The molecule has 1 aliphatic rings. The summed E-state index contributed by atoms with van der Waals surface area (Å²) in [6, 6.07) is 0. The number of halogens is 1. The van der Waals surface area contributed by atoms with Gasteiger partial charge in [-0.15, -0.1) is 0 Å². The first-order valence-electron chi connectivity index (χ1n) is 8.04. The van der Waals surface area contributed by atoms with E-state index in [1.165, 1.54) is 4.68 Å². The molecule has 1 N–H and O–H groups in total. The van der Waals surface area contributed by atoms with Crippen molar-refractivity contribution >= 4 is 23.5 Å². The van der Waals surface area contributed by atoms with Crippen LogP contribution in [0.3, 0.4) is 0 Å². The lowest BCUT2D eigenvalue weighted by atomic mass is 9.92. The zero-order chi connectivity index (χ0) is 17.1. The summed E-state index contributed by atoms with van der Waals surface area (Å²) in [6.07, 6.45) is 2.62. The maximum Gasteiger partial charge on any atom is 0.303 e. The highest BCUT2D eigenvalue weighted by molar-refractivity contribution is 6.33. The standard InChI is InChI=1S/C16H24ClN3O3/c1-10(2)14-13(15(17)19(3)18-14)16(23)20-8-4-5-11(9-20)6-7-12(21)22/h10-11H,4-9H2,1-3H3,(H,21,22)/t11-/m0/s1. The van der Waals surface area contributed by atoms with E-state index in [1.807, 2.05) is 13.8 Å². The lowest BCUT2D eigenvalue weighted by Crippen LogP contribution is -2.40. The topological polar surface area (TPSA) is 75.4 Å². The molecule has 0 bridgehead atoms. The van der Waals surface area contributed by atoms with Gasteiger partial charge in [-0.05, 0) is 31.1 Å². The minimum Gasteiger partial charge on any atom is -0.481 e. The molecule has 0 unspecified atom stereocenters. The molecule has 0 aromatic carbocycles. The average Bonchev–Trinajstić information content (AvgIpc) is 2.81. The summed E-state index contributed by atoms with van der Waals surface area (Å²) in [5.74, 6) is -0.528. The van der Waals surface area contributed by atoms with Gasteiger partial charge in [0.1, 0.15) is 5.15 Å². The summed E-state index contributed by atoms with van der Waals surface area (Å²) < 4.78 is 1.54. The molecule has 0 saturated carbocycles. The number of hydrogen-bond acceptors (Lipinski definition) is 3. The van der Waals surface area contributed by atoms with Gasteiger partial charge in [0.15, 0.2) is 0 Å². The molecule has 128 valence electrons. The minimum absolute atomic E-state index is 0.0909. The number of aliphatic carboxylic acids is 1. The van der Waals surface area contributed by atoms with Gasteiger partial charge >= 0.3 is 5.97 Å². The largest absolute Gasteiger partial charge is 0.481 e. The molecule has 2 heterocycles.